The van der Waals surface area contributed by atoms with E-state index in [1.165, 1.54) is 66.4 Å². The van der Waals surface area contributed by atoms with Crippen molar-refractivity contribution >= 4 is 10.8 Å². The number of nitrogens with zero attached hydrogens (tertiary/aromatic N) is 2. The summed E-state index contributed by atoms with van der Waals surface area (Å²) in [5.41, 5.74) is 16.9. The molecule has 1 spiro atoms. The molecule has 0 N–H and O–H groups in total. The number of rotatable bonds is 4. The molecule has 9 aromatic rings. The third kappa shape index (κ3) is 4.33. The van der Waals surface area contributed by atoms with Crippen LogP contribution in [0.3, 0.4) is 0 Å². The first kappa shape index (κ1) is 29.8. The van der Waals surface area contributed by atoms with E-state index in [1.54, 1.807) is 0 Å². The Bertz CT molecular complexity index is 2870. The molecule has 0 saturated heterocycles. The molecule has 0 saturated carbocycles. The normalized spacial score (nSPS) is 14.9. The van der Waals surface area contributed by atoms with Crippen molar-refractivity contribution in [2.45, 2.75) is 5.41 Å². The average Bonchev–Trinajstić information content (AvgIpc) is 3.71. The maximum absolute atomic E-state index is 5.67. The molecule has 1 atom stereocenters. The first-order chi connectivity index (χ1) is 26.3. The molecule has 1 aromatic heterocycles. The highest BCUT2D eigenvalue weighted by Gasteiger charge is 2.54. The van der Waals surface area contributed by atoms with Crippen molar-refractivity contribution in [1.29, 1.82) is 0 Å². The summed E-state index contributed by atoms with van der Waals surface area (Å²) in [5.74, 6) is 0.734. The lowest BCUT2D eigenvalue weighted by atomic mass is 9.72. The van der Waals surface area contributed by atoms with Crippen LogP contribution in [-0.4, -0.2) is 9.97 Å². The van der Waals surface area contributed by atoms with Gasteiger partial charge in [0.15, 0.2) is 5.82 Å². The van der Waals surface area contributed by atoms with E-state index in [9.17, 15) is 0 Å². The molecule has 0 radical (unpaired) electrons. The van der Waals surface area contributed by atoms with Crippen LogP contribution in [0.1, 0.15) is 22.4 Å². The van der Waals surface area contributed by atoms with E-state index in [-0.39, 0.29) is 0 Å². The predicted octanol–water partition coefficient (Wildman–Crippen LogP) is 12.6. The van der Waals surface area contributed by atoms with E-state index in [2.05, 4.69) is 194 Å². The minimum absolute atomic E-state index is 0.635. The van der Waals surface area contributed by atoms with Gasteiger partial charge in [0.25, 0.3) is 0 Å². The zero-order valence-corrected chi connectivity index (χ0v) is 28.9. The zero-order valence-electron chi connectivity index (χ0n) is 28.9. The Morgan fingerprint density at radius 2 is 0.868 bits per heavy atom. The predicted molar refractivity (Wildman–Crippen MR) is 218 cm³/mol. The van der Waals surface area contributed by atoms with Crippen LogP contribution in [-0.2, 0) is 5.41 Å². The van der Waals surface area contributed by atoms with E-state index < -0.39 is 5.41 Å². The highest BCUT2D eigenvalue weighted by molar-refractivity contribution is 6.04. The van der Waals surface area contributed by atoms with Gasteiger partial charge >= 0.3 is 0 Å². The third-order valence-corrected chi connectivity index (χ3v) is 11.3. The van der Waals surface area contributed by atoms with Crippen LogP contribution in [0.15, 0.2) is 194 Å². The van der Waals surface area contributed by atoms with E-state index in [0.29, 0.717) is 0 Å². The summed E-state index contributed by atoms with van der Waals surface area (Å²) >= 11 is 0. The topological polar surface area (TPSA) is 25.8 Å². The Kier molecular flexibility index (Phi) is 6.50. The second-order valence-corrected chi connectivity index (χ2v) is 14.1. The molecule has 53 heavy (non-hydrogen) atoms. The van der Waals surface area contributed by atoms with E-state index in [1.807, 2.05) is 0 Å². The minimum atomic E-state index is -0.635. The molecule has 1 heterocycles. The van der Waals surface area contributed by atoms with Gasteiger partial charge in [0.2, 0.25) is 0 Å². The van der Waals surface area contributed by atoms with Crippen LogP contribution in [0.25, 0.3) is 77.9 Å². The summed E-state index contributed by atoms with van der Waals surface area (Å²) in [6, 6.07) is 70.1. The van der Waals surface area contributed by atoms with Crippen LogP contribution >= 0.6 is 0 Å². The summed E-state index contributed by atoms with van der Waals surface area (Å²) in [7, 11) is 0. The van der Waals surface area contributed by atoms with Crippen molar-refractivity contribution in [3.8, 4) is 67.2 Å². The van der Waals surface area contributed by atoms with Crippen molar-refractivity contribution in [3.05, 3.63) is 217 Å². The summed E-state index contributed by atoms with van der Waals surface area (Å²) in [6.45, 7) is 0. The number of hydrogen-bond donors (Lipinski definition) is 0. The highest BCUT2D eigenvalue weighted by atomic mass is 14.9. The molecule has 246 valence electrons. The van der Waals surface area contributed by atoms with Crippen molar-refractivity contribution in [3.63, 3.8) is 0 Å². The fourth-order valence-electron chi connectivity index (χ4n) is 8.98. The standard InChI is InChI=1S/C51H32N2/c1-3-14-33(15-4-1)34-26-28-35(29-27-34)38-30-31-41-40-21-9-11-24-44(40)51(46(41)32-38)45-25-12-10-22-43(45)47-48(42-23-13-19-36-16-7-8-20-39(36)42)52-50(53-49(47)51)37-17-5-2-6-18-37/h1-32H. The Hall–Kier alpha value is -6.90. The zero-order chi connectivity index (χ0) is 34.9. The fourth-order valence-corrected chi connectivity index (χ4v) is 8.98. The lowest BCUT2D eigenvalue weighted by Crippen LogP contribution is -2.27. The molecule has 0 bridgehead atoms. The van der Waals surface area contributed by atoms with Gasteiger partial charge in [-0.1, -0.05) is 188 Å². The largest absolute Gasteiger partial charge is 0.231 e. The van der Waals surface area contributed by atoms with Crippen LogP contribution in [0, 0.1) is 0 Å². The van der Waals surface area contributed by atoms with Gasteiger partial charge in [-0.2, -0.15) is 0 Å². The van der Waals surface area contributed by atoms with Crippen LogP contribution in [0.2, 0.25) is 0 Å². The van der Waals surface area contributed by atoms with Crippen molar-refractivity contribution in [2.75, 3.05) is 0 Å². The van der Waals surface area contributed by atoms with Gasteiger partial charge in [-0.25, -0.2) is 9.97 Å². The van der Waals surface area contributed by atoms with Gasteiger partial charge in [-0.15, -0.1) is 0 Å². The van der Waals surface area contributed by atoms with Gasteiger partial charge in [0, 0.05) is 16.7 Å². The van der Waals surface area contributed by atoms with Crippen molar-refractivity contribution in [1.82, 2.24) is 9.97 Å². The number of fused-ring (bicyclic) bond motifs is 11. The lowest BCUT2D eigenvalue weighted by molar-refractivity contribution is 0.758. The van der Waals surface area contributed by atoms with E-state index in [4.69, 9.17) is 9.97 Å². The summed E-state index contributed by atoms with van der Waals surface area (Å²) in [6.07, 6.45) is 0. The van der Waals surface area contributed by atoms with E-state index in [0.717, 1.165) is 33.9 Å². The third-order valence-electron chi connectivity index (χ3n) is 11.3. The van der Waals surface area contributed by atoms with Gasteiger partial charge in [-0.05, 0) is 72.5 Å². The van der Waals surface area contributed by atoms with Crippen LogP contribution in [0.5, 0.6) is 0 Å². The molecule has 2 aliphatic rings. The molecular formula is C51H32N2. The Morgan fingerprint density at radius 3 is 1.64 bits per heavy atom. The summed E-state index contributed by atoms with van der Waals surface area (Å²) in [4.78, 5) is 11.2. The molecule has 2 heteroatoms. The molecule has 2 nitrogen and oxygen atoms in total. The molecule has 0 aliphatic heterocycles. The Balaban J connectivity index is 1.22. The highest BCUT2D eigenvalue weighted by Crippen LogP contribution is 2.64. The average molecular weight is 673 g/mol. The lowest BCUT2D eigenvalue weighted by Gasteiger charge is -2.30. The molecule has 0 amide bonds. The first-order valence-electron chi connectivity index (χ1n) is 18.3. The fraction of sp³-hybridized carbons (Fsp3) is 0.0196. The molecular weight excluding hydrogens is 641 g/mol. The van der Waals surface area contributed by atoms with Gasteiger partial charge < -0.3 is 0 Å². The Labute approximate surface area is 308 Å². The van der Waals surface area contributed by atoms with E-state index >= 15 is 0 Å². The van der Waals surface area contributed by atoms with Crippen molar-refractivity contribution < 1.29 is 0 Å². The van der Waals surface area contributed by atoms with Crippen molar-refractivity contribution in [2.24, 2.45) is 0 Å². The number of benzene rings is 8. The molecule has 11 rings (SSSR count). The Morgan fingerprint density at radius 1 is 0.340 bits per heavy atom. The summed E-state index contributed by atoms with van der Waals surface area (Å²) in [5, 5.41) is 2.38. The smallest absolute Gasteiger partial charge is 0.160 e. The minimum Gasteiger partial charge on any atom is -0.231 e. The monoisotopic (exact) mass is 672 g/mol. The number of aromatic nitrogens is 2. The second kappa shape index (κ2) is 11.6. The maximum atomic E-state index is 5.67. The second-order valence-electron chi connectivity index (χ2n) is 14.1. The van der Waals surface area contributed by atoms with Gasteiger partial charge in [0.05, 0.1) is 16.8 Å². The maximum Gasteiger partial charge on any atom is 0.160 e. The molecule has 2 aliphatic carbocycles. The van der Waals surface area contributed by atoms with Gasteiger partial charge in [-0.3, -0.25) is 0 Å². The van der Waals surface area contributed by atoms with Crippen LogP contribution < -0.4 is 0 Å². The molecule has 8 aromatic carbocycles. The van der Waals surface area contributed by atoms with Crippen LogP contribution in [0.4, 0.5) is 0 Å². The quantitative estimate of drug-likeness (QED) is 0.186. The van der Waals surface area contributed by atoms with Gasteiger partial charge in [0.1, 0.15) is 0 Å². The molecule has 1 unspecified atom stereocenters. The molecule has 0 fully saturated rings. The summed E-state index contributed by atoms with van der Waals surface area (Å²) < 4.78 is 0. The first-order valence-corrected chi connectivity index (χ1v) is 18.3. The SMILES string of the molecule is c1ccc(-c2ccc(-c3ccc4c(c3)C3(c5ccccc5-4)c4ccccc4-c4c(-c5cccc6ccccc56)nc(-c5ccccc5)nc43)cc2)cc1. The number of hydrogen-bond acceptors (Lipinski definition) is 2.